The highest BCUT2D eigenvalue weighted by molar-refractivity contribution is 6.04. The number of nitrogens with one attached hydrogen (secondary N) is 2. The Labute approximate surface area is 160 Å². The van der Waals surface area contributed by atoms with Crippen molar-refractivity contribution in [1.29, 1.82) is 0 Å². The summed E-state index contributed by atoms with van der Waals surface area (Å²) in [6, 6.07) is 15.1. The SMILES string of the molecule is CCc1ccc(CC(=O)Nc2ccccc2C(=O)NC[C@@H]2CCCO2)cc1. The van der Waals surface area contributed by atoms with Gasteiger partial charge in [-0.05, 0) is 42.5 Å². The third-order valence-corrected chi connectivity index (χ3v) is 4.76. The van der Waals surface area contributed by atoms with Crippen molar-refractivity contribution in [3.63, 3.8) is 0 Å². The van der Waals surface area contributed by atoms with Crippen molar-refractivity contribution in [2.24, 2.45) is 0 Å². The van der Waals surface area contributed by atoms with Crippen LogP contribution in [0.4, 0.5) is 5.69 Å². The molecule has 1 fully saturated rings. The number of carbonyl (C=O) groups is 2. The van der Waals surface area contributed by atoms with E-state index in [2.05, 4.69) is 17.6 Å². The van der Waals surface area contributed by atoms with E-state index < -0.39 is 0 Å². The summed E-state index contributed by atoms with van der Waals surface area (Å²) in [5, 5.41) is 5.77. The van der Waals surface area contributed by atoms with E-state index in [4.69, 9.17) is 4.74 Å². The molecule has 0 radical (unpaired) electrons. The Hall–Kier alpha value is -2.66. The lowest BCUT2D eigenvalue weighted by Crippen LogP contribution is -2.32. The van der Waals surface area contributed by atoms with Crippen molar-refractivity contribution in [2.45, 2.75) is 38.7 Å². The molecule has 142 valence electrons. The second kappa shape index (κ2) is 9.33. The maximum absolute atomic E-state index is 12.5. The zero-order chi connectivity index (χ0) is 19.1. The molecular weight excluding hydrogens is 340 g/mol. The predicted molar refractivity (Wildman–Crippen MR) is 106 cm³/mol. The van der Waals surface area contributed by atoms with E-state index in [0.717, 1.165) is 31.4 Å². The molecule has 1 saturated heterocycles. The monoisotopic (exact) mass is 366 g/mol. The summed E-state index contributed by atoms with van der Waals surface area (Å²) in [5.74, 6) is -0.340. The number of rotatable bonds is 7. The van der Waals surface area contributed by atoms with E-state index in [1.807, 2.05) is 30.3 Å². The molecule has 2 aromatic rings. The lowest BCUT2D eigenvalue weighted by atomic mass is 10.1. The van der Waals surface area contributed by atoms with Gasteiger partial charge in [0.1, 0.15) is 0 Å². The molecule has 0 aromatic heterocycles. The second-order valence-electron chi connectivity index (χ2n) is 6.79. The summed E-state index contributed by atoms with van der Waals surface area (Å²) in [6.45, 7) is 3.35. The minimum absolute atomic E-state index is 0.0850. The van der Waals surface area contributed by atoms with Gasteiger partial charge in [-0.2, -0.15) is 0 Å². The molecular formula is C22H26N2O3. The Morgan fingerprint density at radius 1 is 1.07 bits per heavy atom. The van der Waals surface area contributed by atoms with Gasteiger partial charge in [0.25, 0.3) is 5.91 Å². The molecule has 0 aliphatic carbocycles. The molecule has 2 amide bonds. The number of anilines is 1. The van der Waals surface area contributed by atoms with Crippen molar-refractivity contribution >= 4 is 17.5 Å². The molecule has 1 aliphatic heterocycles. The first-order valence-electron chi connectivity index (χ1n) is 9.52. The van der Waals surface area contributed by atoms with Crippen LogP contribution >= 0.6 is 0 Å². The van der Waals surface area contributed by atoms with Crippen LogP contribution in [0.25, 0.3) is 0 Å². The van der Waals surface area contributed by atoms with Gasteiger partial charge in [-0.1, -0.05) is 43.3 Å². The summed E-state index contributed by atoms with van der Waals surface area (Å²) in [7, 11) is 0. The van der Waals surface area contributed by atoms with Gasteiger partial charge >= 0.3 is 0 Å². The number of hydrogen-bond acceptors (Lipinski definition) is 3. The first kappa shape index (κ1) is 19.1. The highest BCUT2D eigenvalue weighted by atomic mass is 16.5. The Balaban J connectivity index is 1.60. The quantitative estimate of drug-likeness (QED) is 0.790. The first-order chi connectivity index (χ1) is 13.2. The highest BCUT2D eigenvalue weighted by Crippen LogP contribution is 2.17. The van der Waals surface area contributed by atoms with E-state index in [1.54, 1.807) is 18.2 Å². The summed E-state index contributed by atoms with van der Waals surface area (Å²) >= 11 is 0. The minimum Gasteiger partial charge on any atom is -0.376 e. The van der Waals surface area contributed by atoms with Crippen LogP contribution in [0, 0.1) is 0 Å². The Morgan fingerprint density at radius 3 is 2.52 bits per heavy atom. The number of amides is 2. The molecule has 1 heterocycles. The van der Waals surface area contributed by atoms with Gasteiger partial charge in [-0.3, -0.25) is 9.59 Å². The van der Waals surface area contributed by atoms with Gasteiger partial charge in [0.05, 0.1) is 23.8 Å². The standard InChI is InChI=1S/C22H26N2O3/c1-2-16-9-11-17(12-10-16)14-21(25)24-20-8-4-3-7-19(20)22(26)23-15-18-6-5-13-27-18/h3-4,7-12,18H,2,5-6,13-15H2,1H3,(H,23,26)(H,24,25)/t18-/m0/s1. The third kappa shape index (κ3) is 5.41. The van der Waals surface area contributed by atoms with Crippen LogP contribution in [-0.2, 0) is 22.4 Å². The largest absolute Gasteiger partial charge is 0.376 e. The molecule has 0 saturated carbocycles. The van der Waals surface area contributed by atoms with Crippen molar-refractivity contribution in [1.82, 2.24) is 5.32 Å². The van der Waals surface area contributed by atoms with Gasteiger partial charge < -0.3 is 15.4 Å². The van der Waals surface area contributed by atoms with Crippen molar-refractivity contribution in [3.05, 3.63) is 65.2 Å². The van der Waals surface area contributed by atoms with Crippen molar-refractivity contribution in [3.8, 4) is 0 Å². The molecule has 3 rings (SSSR count). The van der Waals surface area contributed by atoms with E-state index in [9.17, 15) is 9.59 Å². The van der Waals surface area contributed by atoms with E-state index in [-0.39, 0.29) is 24.3 Å². The maximum atomic E-state index is 12.5. The second-order valence-corrected chi connectivity index (χ2v) is 6.79. The van der Waals surface area contributed by atoms with Crippen LogP contribution in [0.15, 0.2) is 48.5 Å². The number of carbonyl (C=O) groups excluding carboxylic acids is 2. The van der Waals surface area contributed by atoms with E-state index in [0.29, 0.717) is 17.8 Å². The summed E-state index contributed by atoms with van der Waals surface area (Å²) < 4.78 is 5.53. The highest BCUT2D eigenvalue weighted by Gasteiger charge is 2.18. The molecule has 27 heavy (non-hydrogen) atoms. The third-order valence-electron chi connectivity index (χ3n) is 4.76. The summed E-state index contributed by atoms with van der Waals surface area (Å²) in [5.41, 5.74) is 3.18. The lowest BCUT2D eigenvalue weighted by molar-refractivity contribution is -0.115. The smallest absolute Gasteiger partial charge is 0.253 e. The van der Waals surface area contributed by atoms with Crippen molar-refractivity contribution < 1.29 is 14.3 Å². The van der Waals surface area contributed by atoms with Gasteiger partial charge in [-0.25, -0.2) is 0 Å². The number of para-hydroxylation sites is 1. The molecule has 1 atom stereocenters. The van der Waals surface area contributed by atoms with Crippen LogP contribution in [0.1, 0.15) is 41.3 Å². The normalized spacial score (nSPS) is 16.1. The molecule has 0 spiro atoms. The summed E-state index contributed by atoms with van der Waals surface area (Å²) in [6.07, 6.45) is 3.33. The maximum Gasteiger partial charge on any atom is 0.253 e. The number of ether oxygens (including phenoxy) is 1. The molecule has 2 aromatic carbocycles. The molecule has 0 bridgehead atoms. The topological polar surface area (TPSA) is 67.4 Å². The zero-order valence-corrected chi connectivity index (χ0v) is 15.7. The molecule has 2 N–H and O–H groups in total. The zero-order valence-electron chi connectivity index (χ0n) is 15.7. The predicted octanol–water partition coefficient (Wildman–Crippen LogP) is 3.34. The fourth-order valence-electron chi connectivity index (χ4n) is 3.17. The lowest BCUT2D eigenvalue weighted by Gasteiger charge is -2.14. The molecule has 5 heteroatoms. The Morgan fingerprint density at radius 2 is 1.81 bits per heavy atom. The van der Waals surface area contributed by atoms with E-state index in [1.165, 1.54) is 5.56 Å². The van der Waals surface area contributed by atoms with Crippen LogP contribution in [-0.4, -0.2) is 31.1 Å². The average Bonchev–Trinajstić information content (AvgIpc) is 3.21. The van der Waals surface area contributed by atoms with Crippen LogP contribution in [0.2, 0.25) is 0 Å². The van der Waals surface area contributed by atoms with Crippen LogP contribution in [0.5, 0.6) is 0 Å². The average molecular weight is 366 g/mol. The van der Waals surface area contributed by atoms with Gasteiger partial charge in [0, 0.05) is 13.2 Å². The summed E-state index contributed by atoms with van der Waals surface area (Å²) in [4.78, 5) is 24.9. The fourth-order valence-corrected chi connectivity index (χ4v) is 3.17. The minimum atomic E-state index is -0.200. The van der Waals surface area contributed by atoms with Gasteiger partial charge in [0.15, 0.2) is 0 Å². The number of benzene rings is 2. The van der Waals surface area contributed by atoms with Crippen LogP contribution < -0.4 is 10.6 Å². The first-order valence-corrected chi connectivity index (χ1v) is 9.52. The van der Waals surface area contributed by atoms with E-state index >= 15 is 0 Å². The Bertz CT molecular complexity index is 780. The molecule has 5 nitrogen and oxygen atoms in total. The molecule has 1 aliphatic rings. The molecule has 0 unspecified atom stereocenters. The van der Waals surface area contributed by atoms with Crippen LogP contribution in [0.3, 0.4) is 0 Å². The Kier molecular flexibility index (Phi) is 6.60. The fraction of sp³-hybridized carbons (Fsp3) is 0.364. The number of aryl methyl sites for hydroxylation is 1. The number of hydrogen-bond donors (Lipinski definition) is 2. The van der Waals surface area contributed by atoms with Crippen molar-refractivity contribution in [2.75, 3.05) is 18.5 Å². The van der Waals surface area contributed by atoms with Gasteiger partial charge in [0.2, 0.25) is 5.91 Å². The van der Waals surface area contributed by atoms with Gasteiger partial charge in [-0.15, -0.1) is 0 Å².